The van der Waals surface area contributed by atoms with E-state index in [4.69, 9.17) is 20.4 Å². The van der Waals surface area contributed by atoms with Gasteiger partial charge in [-0.2, -0.15) is 0 Å². The van der Waals surface area contributed by atoms with Crippen LogP contribution in [0.2, 0.25) is 0 Å². The summed E-state index contributed by atoms with van der Waals surface area (Å²) in [6.45, 7) is 0. The van der Waals surface area contributed by atoms with Crippen LogP contribution in [0.3, 0.4) is 0 Å². The minimum atomic E-state index is -1.86. The second-order valence-corrected chi connectivity index (χ2v) is 4.33. The minimum Gasteiger partial charge on any atom is -0.481 e. The molecule has 0 heterocycles. The number of rotatable bonds is 4. The van der Waals surface area contributed by atoms with Gasteiger partial charge in [-0.3, -0.25) is 9.59 Å². The smallest absolute Gasteiger partial charge is 0.336 e. The molecule has 8 heteroatoms. The van der Waals surface area contributed by atoms with Gasteiger partial charge in [-0.05, 0) is 0 Å². The monoisotopic (exact) mass is 268 g/mol. The first-order chi connectivity index (χ1) is 8.73. The van der Waals surface area contributed by atoms with Crippen molar-refractivity contribution in [3.05, 3.63) is 23.3 Å². The lowest BCUT2D eigenvalue weighted by molar-refractivity contribution is -0.147. The Balaban J connectivity index is 2.59. The van der Waals surface area contributed by atoms with Gasteiger partial charge in [0.05, 0.1) is 17.1 Å². The van der Waals surface area contributed by atoms with Crippen molar-refractivity contribution in [1.82, 2.24) is 0 Å². The Kier molecular flexibility index (Phi) is 2.48. The number of allylic oxidation sites excluding steroid dienone is 1. The van der Waals surface area contributed by atoms with Crippen molar-refractivity contribution < 1.29 is 39.6 Å². The van der Waals surface area contributed by atoms with E-state index in [1.165, 1.54) is 0 Å². The first kappa shape index (κ1) is 12.8. The minimum absolute atomic E-state index is 0.585. The first-order valence-electron chi connectivity index (χ1n) is 5.11. The van der Waals surface area contributed by atoms with Gasteiger partial charge in [-0.15, -0.1) is 0 Å². The van der Waals surface area contributed by atoms with E-state index in [0.717, 1.165) is 12.2 Å². The summed E-state index contributed by atoms with van der Waals surface area (Å²) in [5.41, 5.74) is -3.15. The van der Waals surface area contributed by atoms with Gasteiger partial charge in [0.25, 0.3) is 0 Å². The fourth-order valence-electron chi connectivity index (χ4n) is 2.50. The standard InChI is InChI=1S/C11H8O8/c12-7(13)3-1-5-6(9(16)17)11(5,10(18)19)2-4(3)8(14)15/h1-2,5-6H,(H,12,13)(H,14,15)(H,16,17)(H,18,19)/t5-,6?,11?/m1/s1. The summed E-state index contributed by atoms with van der Waals surface area (Å²) in [6.07, 6.45) is 1.63. The van der Waals surface area contributed by atoms with Crippen LogP contribution in [0.5, 0.6) is 0 Å². The maximum atomic E-state index is 11.2. The van der Waals surface area contributed by atoms with Gasteiger partial charge in [0.1, 0.15) is 5.41 Å². The van der Waals surface area contributed by atoms with Crippen molar-refractivity contribution in [1.29, 1.82) is 0 Å². The maximum absolute atomic E-state index is 11.2. The van der Waals surface area contributed by atoms with E-state index in [1.54, 1.807) is 0 Å². The number of fused-ring (bicyclic) bond motifs is 1. The number of aliphatic carboxylic acids is 4. The quantitative estimate of drug-likeness (QED) is 0.529. The van der Waals surface area contributed by atoms with Crippen molar-refractivity contribution in [3.63, 3.8) is 0 Å². The normalized spacial score (nSPS) is 31.6. The van der Waals surface area contributed by atoms with Crippen LogP contribution < -0.4 is 0 Å². The van der Waals surface area contributed by atoms with E-state index in [1.807, 2.05) is 0 Å². The molecule has 0 aromatic carbocycles. The molecular weight excluding hydrogens is 260 g/mol. The number of carboxylic acids is 4. The number of carbonyl (C=O) groups is 4. The van der Waals surface area contributed by atoms with Gasteiger partial charge < -0.3 is 20.4 Å². The molecule has 0 spiro atoms. The van der Waals surface area contributed by atoms with Crippen LogP contribution in [0.4, 0.5) is 0 Å². The van der Waals surface area contributed by atoms with E-state index in [-0.39, 0.29) is 0 Å². The van der Waals surface area contributed by atoms with Gasteiger partial charge in [-0.1, -0.05) is 12.2 Å². The molecule has 2 aliphatic rings. The molecule has 8 nitrogen and oxygen atoms in total. The molecule has 1 fully saturated rings. The highest BCUT2D eigenvalue weighted by Gasteiger charge is 2.73. The van der Waals surface area contributed by atoms with Crippen LogP contribution in [0.1, 0.15) is 0 Å². The molecule has 4 N–H and O–H groups in total. The molecule has 0 bridgehead atoms. The number of carboxylic acid groups (broad SMARTS) is 4. The predicted octanol–water partition coefficient (Wildman–Crippen LogP) is -0.576. The zero-order chi connectivity index (χ0) is 14.5. The molecule has 2 rings (SSSR count). The molecule has 0 aromatic rings. The molecule has 100 valence electrons. The third kappa shape index (κ3) is 1.53. The van der Waals surface area contributed by atoms with Crippen LogP contribution in [0.25, 0.3) is 0 Å². The summed E-state index contributed by atoms with van der Waals surface area (Å²) in [6, 6.07) is 0. The van der Waals surface area contributed by atoms with E-state index in [9.17, 15) is 19.2 Å². The lowest BCUT2D eigenvalue weighted by atomic mass is 9.89. The van der Waals surface area contributed by atoms with Crippen LogP contribution in [-0.4, -0.2) is 44.3 Å². The van der Waals surface area contributed by atoms with Gasteiger partial charge in [0.2, 0.25) is 0 Å². The lowest BCUT2D eigenvalue weighted by Gasteiger charge is -2.14. The molecule has 0 saturated heterocycles. The molecule has 2 unspecified atom stereocenters. The van der Waals surface area contributed by atoms with E-state index in [2.05, 4.69) is 0 Å². The Labute approximate surface area is 105 Å². The molecular formula is C11H8O8. The maximum Gasteiger partial charge on any atom is 0.336 e. The van der Waals surface area contributed by atoms with Gasteiger partial charge in [0.15, 0.2) is 0 Å². The van der Waals surface area contributed by atoms with Crippen molar-refractivity contribution in [3.8, 4) is 0 Å². The predicted molar refractivity (Wildman–Crippen MR) is 56.1 cm³/mol. The zero-order valence-corrected chi connectivity index (χ0v) is 9.23. The van der Waals surface area contributed by atoms with E-state index >= 15 is 0 Å². The van der Waals surface area contributed by atoms with Crippen molar-refractivity contribution >= 4 is 23.9 Å². The van der Waals surface area contributed by atoms with Crippen LogP contribution in [-0.2, 0) is 19.2 Å². The van der Waals surface area contributed by atoms with Gasteiger partial charge >= 0.3 is 23.9 Å². The first-order valence-corrected chi connectivity index (χ1v) is 5.11. The molecule has 1 saturated carbocycles. The average molecular weight is 268 g/mol. The largest absolute Gasteiger partial charge is 0.481 e. The Morgan fingerprint density at radius 2 is 1.47 bits per heavy atom. The highest BCUT2D eigenvalue weighted by molar-refractivity contribution is 6.08. The van der Waals surface area contributed by atoms with Gasteiger partial charge in [-0.25, -0.2) is 9.59 Å². The van der Waals surface area contributed by atoms with E-state index in [0.29, 0.717) is 0 Å². The van der Waals surface area contributed by atoms with Crippen LogP contribution in [0, 0.1) is 17.3 Å². The highest BCUT2D eigenvalue weighted by atomic mass is 16.4. The molecule has 0 amide bonds. The summed E-state index contributed by atoms with van der Waals surface area (Å²) in [7, 11) is 0. The topological polar surface area (TPSA) is 149 Å². The molecule has 19 heavy (non-hydrogen) atoms. The highest BCUT2D eigenvalue weighted by Crippen LogP contribution is 2.64. The van der Waals surface area contributed by atoms with Crippen molar-refractivity contribution in [2.75, 3.05) is 0 Å². The van der Waals surface area contributed by atoms with Crippen molar-refractivity contribution in [2.45, 2.75) is 0 Å². The van der Waals surface area contributed by atoms with Crippen molar-refractivity contribution in [2.24, 2.45) is 17.3 Å². The van der Waals surface area contributed by atoms with Gasteiger partial charge in [0, 0.05) is 5.92 Å². The SMILES string of the molecule is O=C(O)C1=C[C@@H]2C(C(=O)O)C2(C(=O)O)C=C1C(=O)O. The van der Waals surface area contributed by atoms with Crippen LogP contribution in [0.15, 0.2) is 23.3 Å². The zero-order valence-electron chi connectivity index (χ0n) is 9.23. The second kappa shape index (κ2) is 3.67. The second-order valence-electron chi connectivity index (χ2n) is 4.33. The number of hydrogen-bond donors (Lipinski definition) is 4. The fraction of sp³-hybridized carbons (Fsp3) is 0.273. The third-order valence-corrected chi connectivity index (χ3v) is 3.43. The average Bonchev–Trinajstić information content (AvgIpc) is 2.96. The summed E-state index contributed by atoms with van der Waals surface area (Å²) >= 11 is 0. The Morgan fingerprint density at radius 1 is 0.947 bits per heavy atom. The fourth-order valence-corrected chi connectivity index (χ4v) is 2.50. The lowest BCUT2D eigenvalue weighted by Crippen LogP contribution is -2.24. The molecule has 3 atom stereocenters. The molecule has 0 radical (unpaired) electrons. The Bertz CT molecular complexity index is 584. The summed E-state index contributed by atoms with van der Waals surface area (Å²) < 4.78 is 0. The molecule has 2 aliphatic carbocycles. The number of hydrogen-bond acceptors (Lipinski definition) is 4. The Hall–Kier alpha value is -2.64. The van der Waals surface area contributed by atoms with E-state index < -0.39 is 52.3 Å². The summed E-state index contributed by atoms with van der Waals surface area (Å²) in [5, 5.41) is 35.8. The third-order valence-electron chi connectivity index (χ3n) is 3.43. The summed E-state index contributed by atoms with van der Waals surface area (Å²) in [4.78, 5) is 44.1. The Morgan fingerprint density at radius 3 is 1.84 bits per heavy atom. The van der Waals surface area contributed by atoms with Crippen LogP contribution >= 0.6 is 0 Å². The summed E-state index contributed by atoms with van der Waals surface area (Å²) in [5.74, 6) is -8.43. The molecule has 0 aliphatic heterocycles. The molecule has 0 aromatic heterocycles.